The minimum Gasteiger partial charge on any atom is -0.398 e. The Morgan fingerprint density at radius 3 is 2.11 bits per heavy atom. The van der Waals surface area contributed by atoms with Gasteiger partial charge < -0.3 is 5.73 Å². The van der Waals surface area contributed by atoms with Crippen LogP contribution in [0.3, 0.4) is 0 Å². The fraction of sp³-hybridized carbons (Fsp3) is 0. The van der Waals surface area contributed by atoms with E-state index >= 15 is 0 Å². The molecule has 2 aromatic rings. The molecule has 0 aliphatic rings. The van der Waals surface area contributed by atoms with Crippen molar-refractivity contribution in [2.24, 2.45) is 0 Å². The van der Waals surface area contributed by atoms with Crippen LogP contribution in [0.1, 0.15) is 11.1 Å². The molecule has 0 aromatic heterocycles. The second kappa shape index (κ2) is 5.67. The Kier molecular flexibility index (Phi) is 4.19. The predicted molar refractivity (Wildman–Crippen MR) is 81.1 cm³/mol. The van der Waals surface area contributed by atoms with Crippen LogP contribution in [0.5, 0.6) is 0 Å². The molecule has 92 valence electrons. The average molecular weight is 371 g/mol. The van der Waals surface area contributed by atoms with E-state index in [-0.39, 0.29) is 5.82 Å². The fourth-order valence-electron chi connectivity index (χ4n) is 1.71. The fourth-order valence-corrected chi connectivity index (χ4v) is 2.59. The molecule has 18 heavy (non-hydrogen) atoms. The third-order valence-corrected chi connectivity index (χ3v) is 3.35. The van der Waals surface area contributed by atoms with Gasteiger partial charge in [0.1, 0.15) is 5.82 Å². The van der Waals surface area contributed by atoms with Crippen LogP contribution in [-0.2, 0) is 0 Å². The van der Waals surface area contributed by atoms with Gasteiger partial charge in [0.05, 0.1) is 3.39 Å². The number of nitrogens with two attached hydrogens (primary N) is 1. The van der Waals surface area contributed by atoms with Crippen molar-refractivity contribution in [1.29, 1.82) is 0 Å². The van der Waals surface area contributed by atoms with Gasteiger partial charge in [-0.15, -0.1) is 0 Å². The summed E-state index contributed by atoms with van der Waals surface area (Å²) in [6.45, 7) is 0. The maximum atomic E-state index is 13.0. The molecule has 0 spiro atoms. The van der Waals surface area contributed by atoms with Gasteiger partial charge in [0.2, 0.25) is 0 Å². The summed E-state index contributed by atoms with van der Waals surface area (Å²) in [6, 6.07) is 13.9. The van der Waals surface area contributed by atoms with E-state index in [0.717, 1.165) is 20.1 Å². The first kappa shape index (κ1) is 13.3. The Morgan fingerprint density at radius 1 is 0.944 bits per heavy atom. The first-order valence-electron chi connectivity index (χ1n) is 5.25. The highest BCUT2D eigenvalue weighted by atomic mass is 79.9. The van der Waals surface area contributed by atoms with Crippen molar-refractivity contribution in [3.05, 3.63) is 68.9 Å². The third-order valence-electron chi connectivity index (χ3n) is 2.55. The standard InChI is InChI=1S/C14H10Br2FN/c15-14(16)13(9-5-7-10(17)8-6-9)11-3-1-2-4-12(11)18/h1-8H,18H2. The number of para-hydroxylation sites is 1. The smallest absolute Gasteiger partial charge is 0.123 e. The second-order valence-corrected chi connectivity index (χ2v) is 6.38. The van der Waals surface area contributed by atoms with E-state index < -0.39 is 0 Å². The quantitative estimate of drug-likeness (QED) is 0.746. The summed E-state index contributed by atoms with van der Waals surface area (Å²) in [6.07, 6.45) is 0. The minimum absolute atomic E-state index is 0.259. The highest BCUT2D eigenvalue weighted by Gasteiger charge is 2.11. The molecular formula is C14H10Br2FN. The lowest BCUT2D eigenvalue weighted by Crippen LogP contribution is -1.95. The zero-order valence-electron chi connectivity index (χ0n) is 9.33. The molecule has 0 amide bonds. The van der Waals surface area contributed by atoms with Crippen LogP contribution in [0.2, 0.25) is 0 Å². The molecular weight excluding hydrogens is 361 g/mol. The van der Waals surface area contributed by atoms with Gasteiger partial charge in [0.15, 0.2) is 0 Å². The third kappa shape index (κ3) is 2.82. The molecule has 0 unspecified atom stereocenters. The molecule has 0 saturated carbocycles. The topological polar surface area (TPSA) is 26.0 Å². The van der Waals surface area contributed by atoms with Crippen LogP contribution < -0.4 is 5.73 Å². The lowest BCUT2D eigenvalue weighted by atomic mass is 9.98. The molecule has 0 saturated heterocycles. The normalized spacial score (nSPS) is 10.2. The SMILES string of the molecule is Nc1ccccc1C(=C(Br)Br)c1ccc(F)cc1. The van der Waals surface area contributed by atoms with Crippen molar-refractivity contribution >= 4 is 43.1 Å². The monoisotopic (exact) mass is 369 g/mol. The van der Waals surface area contributed by atoms with Crippen molar-refractivity contribution in [3.63, 3.8) is 0 Å². The summed E-state index contributed by atoms with van der Waals surface area (Å²) in [7, 11) is 0. The number of hydrogen-bond donors (Lipinski definition) is 1. The Labute approximate surface area is 122 Å². The first-order chi connectivity index (χ1) is 8.59. The lowest BCUT2D eigenvalue weighted by molar-refractivity contribution is 0.627. The molecule has 2 rings (SSSR count). The number of benzene rings is 2. The van der Waals surface area contributed by atoms with Crippen molar-refractivity contribution in [2.75, 3.05) is 5.73 Å². The van der Waals surface area contributed by atoms with Crippen LogP contribution in [0, 0.1) is 5.82 Å². The molecule has 4 heteroatoms. The maximum Gasteiger partial charge on any atom is 0.123 e. The van der Waals surface area contributed by atoms with Crippen molar-refractivity contribution in [1.82, 2.24) is 0 Å². The summed E-state index contributed by atoms with van der Waals surface area (Å²) in [5.74, 6) is -0.259. The zero-order chi connectivity index (χ0) is 13.1. The number of hydrogen-bond acceptors (Lipinski definition) is 1. The first-order valence-corrected chi connectivity index (χ1v) is 6.84. The van der Waals surface area contributed by atoms with Gasteiger partial charge >= 0.3 is 0 Å². The Balaban J connectivity index is 2.59. The molecule has 0 heterocycles. The maximum absolute atomic E-state index is 13.0. The largest absolute Gasteiger partial charge is 0.398 e. The summed E-state index contributed by atoms with van der Waals surface area (Å²) in [4.78, 5) is 0. The summed E-state index contributed by atoms with van der Waals surface area (Å²) in [5.41, 5.74) is 9.33. The van der Waals surface area contributed by atoms with Crippen molar-refractivity contribution in [3.8, 4) is 0 Å². The van der Waals surface area contributed by atoms with Crippen LogP contribution in [0.15, 0.2) is 51.9 Å². The van der Waals surface area contributed by atoms with Crippen LogP contribution >= 0.6 is 31.9 Å². The Bertz CT molecular complexity index is 587. The summed E-state index contributed by atoms with van der Waals surface area (Å²) in [5, 5.41) is 0. The van der Waals surface area contributed by atoms with Gasteiger partial charge in [-0.1, -0.05) is 30.3 Å². The minimum atomic E-state index is -0.259. The van der Waals surface area contributed by atoms with Crippen LogP contribution in [-0.4, -0.2) is 0 Å². The van der Waals surface area contributed by atoms with Crippen molar-refractivity contribution < 1.29 is 4.39 Å². The van der Waals surface area contributed by atoms with Gasteiger partial charge in [-0.3, -0.25) is 0 Å². The molecule has 0 aliphatic carbocycles. The molecule has 0 fully saturated rings. The molecule has 0 atom stereocenters. The molecule has 2 aromatic carbocycles. The van der Waals surface area contributed by atoms with E-state index in [1.807, 2.05) is 24.3 Å². The van der Waals surface area contributed by atoms with E-state index in [1.54, 1.807) is 12.1 Å². The lowest BCUT2D eigenvalue weighted by Gasteiger charge is -2.11. The molecule has 0 aliphatic heterocycles. The molecule has 0 bridgehead atoms. The van der Waals surface area contributed by atoms with Crippen LogP contribution in [0.25, 0.3) is 5.57 Å². The highest BCUT2D eigenvalue weighted by molar-refractivity contribution is 9.28. The molecule has 2 N–H and O–H groups in total. The second-order valence-electron chi connectivity index (χ2n) is 3.73. The van der Waals surface area contributed by atoms with E-state index in [4.69, 9.17) is 5.73 Å². The Hall–Kier alpha value is -1.13. The van der Waals surface area contributed by atoms with E-state index in [1.165, 1.54) is 12.1 Å². The molecule has 1 nitrogen and oxygen atoms in total. The highest BCUT2D eigenvalue weighted by Crippen LogP contribution is 2.35. The predicted octanol–water partition coefficient (Wildman–Crippen LogP) is 4.91. The summed E-state index contributed by atoms with van der Waals surface area (Å²) < 4.78 is 13.7. The van der Waals surface area contributed by atoms with Crippen LogP contribution in [0.4, 0.5) is 10.1 Å². The zero-order valence-corrected chi connectivity index (χ0v) is 12.5. The van der Waals surface area contributed by atoms with Gasteiger partial charge in [0, 0.05) is 16.8 Å². The number of rotatable bonds is 2. The number of halogens is 3. The van der Waals surface area contributed by atoms with Crippen molar-refractivity contribution in [2.45, 2.75) is 0 Å². The van der Waals surface area contributed by atoms with E-state index in [0.29, 0.717) is 5.69 Å². The number of nitrogen functional groups attached to an aromatic ring is 1. The van der Waals surface area contributed by atoms with E-state index in [2.05, 4.69) is 31.9 Å². The average Bonchev–Trinajstić information content (AvgIpc) is 2.34. The van der Waals surface area contributed by atoms with Gasteiger partial charge in [0.25, 0.3) is 0 Å². The summed E-state index contributed by atoms with van der Waals surface area (Å²) >= 11 is 6.83. The van der Waals surface area contributed by atoms with Gasteiger partial charge in [-0.2, -0.15) is 0 Å². The van der Waals surface area contributed by atoms with E-state index in [9.17, 15) is 4.39 Å². The Morgan fingerprint density at radius 2 is 1.56 bits per heavy atom. The molecule has 0 radical (unpaired) electrons. The number of anilines is 1. The van der Waals surface area contributed by atoms with Gasteiger partial charge in [-0.05, 0) is 55.6 Å². The van der Waals surface area contributed by atoms with Gasteiger partial charge in [-0.25, -0.2) is 4.39 Å².